The molecule has 2 aromatic carbocycles. The van der Waals surface area contributed by atoms with E-state index in [1.165, 1.54) is 16.8 Å². The number of aryl methyl sites for hydroxylation is 1. The summed E-state index contributed by atoms with van der Waals surface area (Å²) in [5.74, 6) is 0.364. The van der Waals surface area contributed by atoms with Crippen LogP contribution in [0, 0.1) is 5.92 Å². The Hall–Kier alpha value is -2.37. The Morgan fingerprint density at radius 1 is 1.03 bits per heavy atom. The van der Waals surface area contributed by atoms with E-state index in [1.807, 2.05) is 12.1 Å². The number of rotatable bonds is 8. The molecule has 1 heterocycles. The van der Waals surface area contributed by atoms with Gasteiger partial charge in [0.25, 0.3) is 0 Å². The summed E-state index contributed by atoms with van der Waals surface area (Å²) in [6, 6.07) is 16.9. The maximum Gasteiger partial charge on any atom is 0.238 e. The lowest BCUT2D eigenvalue weighted by Crippen LogP contribution is -2.36. The fourth-order valence-electron chi connectivity index (χ4n) is 3.68. The molecule has 0 spiro atoms. The molecule has 5 nitrogen and oxygen atoms in total. The Morgan fingerprint density at radius 3 is 2.28 bits per heavy atom. The molecular weight excluding hydrogens is 362 g/mol. The molecule has 1 amide bonds. The molecule has 5 heteroatoms. The molecule has 3 rings (SSSR count). The standard InChI is InChI=1S/C24H33N3O2/c1-4-19-5-7-20(8-6-19)24(18(2)3)25-17-23(28)26-21-9-11-22(12-10-21)27-13-15-29-16-14-27/h5-12,18,24-25H,4,13-17H2,1-3H3,(H,26,28)/t24-/m0/s1. The van der Waals surface area contributed by atoms with Gasteiger partial charge in [0, 0.05) is 30.5 Å². The van der Waals surface area contributed by atoms with Gasteiger partial charge < -0.3 is 20.3 Å². The highest BCUT2D eigenvalue weighted by Crippen LogP contribution is 2.22. The van der Waals surface area contributed by atoms with Crippen molar-refractivity contribution in [2.24, 2.45) is 5.92 Å². The molecule has 0 bridgehead atoms. The second-order valence-electron chi connectivity index (χ2n) is 7.89. The minimum Gasteiger partial charge on any atom is -0.378 e. The van der Waals surface area contributed by atoms with Crippen molar-refractivity contribution in [1.82, 2.24) is 5.32 Å². The zero-order chi connectivity index (χ0) is 20.6. The minimum absolute atomic E-state index is 0.0278. The molecule has 1 fully saturated rings. The van der Waals surface area contributed by atoms with Crippen LogP contribution in [0.5, 0.6) is 0 Å². The fraction of sp³-hybridized carbons (Fsp3) is 0.458. The molecule has 2 aromatic rings. The first-order valence-corrected chi connectivity index (χ1v) is 10.6. The number of carbonyl (C=O) groups excluding carboxylic acids is 1. The summed E-state index contributed by atoms with van der Waals surface area (Å²) in [4.78, 5) is 14.8. The van der Waals surface area contributed by atoms with E-state index in [2.05, 4.69) is 72.7 Å². The summed E-state index contributed by atoms with van der Waals surface area (Å²) in [7, 11) is 0. The van der Waals surface area contributed by atoms with Crippen LogP contribution in [0.3, 0.4) is 0 Å². The predicted molar refractivity (Wildman–Crippen MR) is 120 cm³/mol. The number of ether oxygens (including phenoxy) is 1. The second-order valence-corrected chi connectivity index (χ2v) is 7.89. The summed E-state index contributed by atoms with van der Waals surface area (Å²) in [5, 5.41) is 6.41. The highest BCUT2D eigenvalue weighted by molar-refractivity contribution is 5.92. The van der Waals surface area contributed by atoms with E-state index in [9.17, 15) is 4.79 Å². The number of nitrogens with one attached hydrogen (secondary N) is 2. The zero-order valence-corrected chi connectivity index (χ0v) is 17.8. The van der Waals surface area contributed by atoms with Crippen molar-refractivity contribution in [3.8, 4) is 0 Å². The SMILES string of the molecule is CCc1ccc([C@@H](NCC(=O)Nc2ccc(N3CCOCC3)cc2)C(C)C)cc1. The van der Waals surface area contributed by atoms with E-state index in [4.69, 9.17) is 4.74 Å². The summed E-state index contributed by atoms with van der Waals surface area (Å²) in [6.45, 7) is 10.1. The quantitative estimate of drug-likeness (QED) is 0.709. The van der Waals surface area contributed by atoms with Crippen molar-refractivity contribution in [3.05, 3.63) is 59.7 Å². The van der Waals surface area contributed by atoms with Crippen LogP contribution in [0.25, 0.3) is 0 Å². The van der Waals surface area contributed by atoms with Gasteiger partial charge in [0.05, 0.1) is 19.8 Å². The average Bonchev–Trinajstić information content (AvgIpc) is 2.75. The normalized spacial score (nSPS) is 15.4. The first kappa shape index (κ1) is 21.3. The number of hydrogen-bond donors (Lipinski definition) is 2. The third-order valence-corrected chi connectivity index (χ3v) is 5.42. The number of anilines is 2. The first-order valence-electron chi connectivity index (χ1n) is 10.6. The summed E-state index contributed by atoms with van der Waals surface area (Å²) >= 11 is 0. The molecule has 0 radical (unpaired) electrons. The lowest BCUT2D eigenvalue weighted by Gasteiger charge is -2.29. The lowest BCUT2D eigenvalue weighted by molar-refractivity contribution is -0.115. The van der Waals surface area contributed by atoms with Crippen molar-refractivity contribution in [3.63, 3.8) is 0 Å². The van der Waals surface area contributed by atoms with Gasteiger partial charge in [0.1, 0.15) is 0 Å². The van der Waals surface area contributed by atoms with E-state index >= 15 is 0 Å². The number of carbonyl (C=O) groups is 1. The zero-order valence-electron chi connectivity index (χ0n) is 17.8. The third kappa shape index (κ3) is 6.05. The Bertz CT molecular complexity index is 766. The first-order chi connectivity index (χ1) is 14.1. The van der Waals surface area contributed by atoms with Crippen LogP contribution in [-0.2, 0) is 16.0 Å². The predicted octanol–water partition coefficient (Wildman–Crippen LogP) is 4.01. The number of morpholine rings is 1. The highest BCUT2D eigenvalue weighted by Gasteiger charge is 2.17. The van der Waals surface area contributed by atoms with Crippen LogP contribution < -0.4 is 15.5 Å². The van der Waals surface area contributed by atoms with Gasteiger partial charge in [-0.15, -0.1) is 0 Å². The molecule has 156 valence electrons. The van der Waals surface area contributed by atoms with Crippen molar-refractivity contribution < 1.29 is 9.53 Å². The van der Waals surface area contributed by atoms with E-state index in [1.54, 1.807) is 0 Å². The largest absolute Gasteiger partial charge is 0.378 e. The molecule has 1 atom stereocenters. The van der Waals surface area contributed by atoms with Gasteiger partial charge in [-0.05, 0) is 47.7 Å². The van der Waals surface area contributed by atoms with Gasteiger partial charge in [-0.3, -0.25) is 4.79 Å². The van der Waals surface area contributed by atoms with Crippen LogP contribution in [0.2, 0.25) is 0 Å². The van der Waals surface area contributed by atoms with E-state index in [0.29, 0.717) is 5.92 Å². The molecular formula is C24H33N3O2. The molecule has 0 saturated carbocycles. The molecule has 1 saturated heterocycles. The van der Waals surface area contributed by atoms with Gasteiger partial charge in [0.2, 0.25) is 5.91 Å². The van der Waals surface area contributed by atoms with Crippen molar-refractivity contribution in [2.45, 2.75) is 33.2 Å². The Balaban J connectivity index is 1.53. The molecule has 29 heavy (non-hydrogen) atoms. The van der Waals surface area contributed by atoms with E-state index in [-0.39, 0.29) is 18.5 Å². The number of benzene rings is 2. The third-order valence-electron chi connectivity index (χ3n) is 5.42. The summed E-state index contributed by atoms with van der Waals surface area (Å²) < 4.78 is 5.40. The molecule has 1 aliphatic rings. The van der Waals surface area contributed by atoms with Crippen molar-refractivity contribution in [2.75, 3.05) is 43.1 Å². The maximum absolute atomic E-state index is 12.5. The highest BCUT2D eigenvalue weighted by atomic mass is 16.5. The fourth-order valence-corrected chi connectivity index (χ4v) is 3.68. The van der Waals surface area contributed by atoms with Crippen LogP contribution in [0.15, 0.2) is 48.5 Å². The number of amides is 1. The Morgan fingerprint density at radius 2 is 1.69 bits per heavy atom. The van der Waals surface area contributed by atoms with Gasteiger partial charge in [-0.25, -0.2) is 0 Å². The molecule has 0 aromatic heterocycles. The van der Waals surface area contributed by atoms with Crippen LogP contribution in [0.1, 0.15) is 37.9 Å². The summed E-state index contributed by atoms with van der Waals surface area (Å²) in [6.07, 6.45) is 1.03. The van der Waals surface area contributed by atoms with Gasteiger partial charge in [0.15, 0.2) is 0 Å². The van der Waals surface area contributed by atoms with Crippen molar-refractivity contribution >= 4 is 17.3 Å². The Labute approximate surface area is 174 Å². The molecule has 2 N–H and O–H groups in total. The van der Waals surface area contributed by atoms with Gasteiger partial charge >= 0.3 is 0 Å². The van der Waals surface area contributed by atoms with Crippen LogP contribution >= 0.6 is 0 Å². The summed E-state index contributed by atoms with van der Waals surface area (Å²) in [5.41, 5.74) is 4.54. The minimum atomic E-state index is -0.0278. The number of hydrogen-bond acceptors (Lipinski definition) is 4. The second kappa shape index (κ2) is 10.4. The maximum atomic E-state index is 12.5. The van der Waals surface area contributed by atoms with Crippen LogP contribution in [0.4, 0.5) is 11.4 Å². The van der Waals surface area contributed by atoms with Gasteiger partial charge in [-0.1, -0.05) is 45.0 Å². The molecule has 1 aliphatic heterocycles. The van der Waals surface area contributed by atoms with Crippen LogP contribution in [-0.4, -0.2) is 38.8 Å². The topological polar surface area (TPSA) is 53.6 Å². The average molecular weight is 396 g/mol. The number of nitrogens with zero attached hydrogens (tertiary/aromatic N) is 1. The van der Waals surface area contributed by atoms with E-state index in [0.717, 1.165) is 38.4 Å². The van der Waals surface area contributed by atoms with E-state index < -0.39 is 0 Å². The monoisotopic (exact) mass is 395 g/mol. The Kier molecular flexibility index (Phi) is 7.67. The molecule has 0 aliphatic carbocycles. The lowest BCUT2D eigenvalue weighted by atomic mass is 9.95. The van der Waals surface area contributed by atoms with Gasteiger partial charge in [-0.2, -0.15) is 0 Å². The van der Waals surface area contributed by atoms with Crippen molar-refractivity contribution in [1.29, 1.82) is 0 Å². The molecule has 0 unspecified atom stereocenters. The smallest absolute Gasteiger partial charge is 0.238 e.